The third-order valence-corrected chi connectivity index (χ3v) is 5.85. The maximum atomic E-state index is 12.8. The number of esters is 1. The lowest BCUT2D eigenvalue weighted by molar-refractivity contribution is -0.142. The molecule has 0 aliphatic carbocycles. The molecule has 1 aliphatic heterocycles. The minimum absolute atomic E-state index is 0.156. The number of anilines is 1. The van der Waals surface area contributed by atoms with Crippen LogP contribution in [0.25, 0.3) is 0 Å². The number of nitrogens with zero attached hydrogens (tertiary/aromatic N) is 3. The van der Waals surface area contributed by atoms with E-state index in [2.05, 4.69) is 16.3 Å². The lowest BCUT2D eigenvalue weighted by Gasteiger charge is -2.30. The minimum atomic E-state index is -0.182. The van der Waals surface area contributed by atoms with Gasteiger partial charge in [-0.1, -0.05) is 0 Å². The Morgan fingerprint density at radius 3 is 2.67 bits per heavy atom. The Morgan fingerprint density at radius 1 is 1.33 bits per heavy atom. The van der Waals surface area contributed by atoms with Crippen LogP contribution in [0.2, 0.25) is 0 Å². The van der Waals surface area contributed by atoms with E-state index < -0.39 is 0 Å². The molecule has 8 heteroatoms. The highest BCUT2D eigenvalue weighted by Gasteiger charge is 2.25. The fraction of sp³-hybridized carbons (Fsp3) is 0.500. The standard InChI is InChI=1S/C22H28N4O4/c1-15-16(2)26(13-18-5-4-10-30-18)22(19(15)12-23)24-20(27)14-25-8-6-17(7-9-25)11-21(28)29-3/h4-5,10,17H,6-9,11,13-14H2,1-3H3,(H,24,27). The van der Waals surface area contributed by atoms with Gasteiger partial charge in [0, 0.05) is 12.1 Å². The molecule has 160 valence electrons. The van der Waals surface area contributed by atoms with Gasteiger partial charge in [0.25, 0.3) is 0 Å². The molecule has 8 nitrogen and oxygen atoms in total. The normalized spacial score (nSPS) is 15.0. The van der Waals surface area contributed by atoms with E-state index in [1.165, 1.54) is 7.11 Å². The van der Waals surface area contributed by atoms with Crippen molar-refractivity contribution in [1.82, 2.24) is 9.47 Å². The fourth-order valence-corrected chi connectivity index (χ4v) is 3.93. The molecule has 1 fully saturated rings. The summed E-state index contributed by atoms with van der Waals surface area (Å²) < 4.78 is 12.1. The number of likely N-dealkylation sites (tertiary alicyclic amines) is 1. The van der Waals surface area contributed by atoms with E-state index >= 15 is 0 Å². The van der Waals surface area contributed by atoms with Gasteiger partial charge in [-0.15, -0.1) is 0 Å². The first kappa shape index (κ1) is 21.7. The Morgan fingerprint density at radius 2 is 2.07 bits per heavy atom. The van der Waals surface area contributed by atoms with Crippen LogP contribution in [-0.4, -0.2) is 48.1 Å². The summed E-state index contributed by atoms with van der Waals surface area (Å²) in [7, 11) is 1.41. The molecule has 0 unspecified atom stereocenters. The Kier molecular flexibility index (Phi) is 6.95. The summed E-state index contributed by atoms with van der Waals surface area (Å²) in [5.41, 5.74) is 2.24. The van der Waals surface area contributed by atoms with Crippen molar-refractivity contribution in [2.45, 2.75) is 39.7 Å². The number of nitrogens with one attached hydrogen (secondary N) is 1. The quantitative estimate of drug-likeness (QED) is 0.702. The molecule has 30 heavy (non-hydrogen) atoms. The maximum absolute atomic E-state index is 12.8. The predicted molar refractivity (Wildman–Crippen MR) is 111 cm³/mol. The Labute approximate surface area is 176 Å². The summed E-state index contributed by atoms with van der Waals surface area (Å²) in [5, 5.41) is 12.6. The largest absolute Gasteiger partial charge is 0.469 e. The van der Waals surface area contributed by atoms with Crippen LogP contribution >= 0.6 is 0 Å². The first-order chi connectivity index (χ1) is 14.4. The van der Waals surface area contributed by atoms with Gasteiger partial charge in [0.2, 0.25) is 5.91 Å². The number of carbonyl (C=O) groups is 2. The number of aromatic nitrogens is 1. The molecule has 1 amide bonds. The molecule has 0 spiro atoms. The van der Waals surface area contributed by atoms with Crippen LogP contribution in [0.15, 0.2) is 22.8 Å². The van der Waals surface area contributed by atoms with E-state index in [9.17, 15) is 14.9 Å². The van der Waals surface area contributed by atoms with Crippen molar-refractivity contribution in [3.63, 3.8) is 0 Å². The molecule has 0 radical (unpaired) electrons. The first-order valence-electron chi connectivity index (χ1n) is 10.1. The molecule has 2 aromatic rings. The van der Waals surface area contributed by atoms with Crippen LogP contribution in [0.3, 0.4) is 0 Å². The van der Waals surface area contributed by atoms with Crippen molar-refractivity contribution in [2.75, 3.05) is 32.1 Å². The van der Waals surface area contributed by atoms with Crippen LogP contribution in [0, 0.1) is 31.1 Å². The molecule has 1 saturated heterocycles. The summed E-state index contributed by atoms with van der Waals surface area (Å²) in [6.45, 7) is 6.02. The van der Waals surface area contributed by atoms with Gasteiger partial charge < -0.3 is 19.0 Å². The molecule has 2 aromatic heterocycles. The number of furan rings is 1. The summed E-state index contributed by atoms with van der Waals surface area (Å²) in [6, 6.07) is 5.90. The molecular formula is C22H28N4O4. The average Bonchev–Trinajstić information content (AvgIpc) is 3.32. The van der Waals surface area contributed by atoms with Crippen molar-refractivity contribution < 1.29 is 18.7 Å². The highest BCUT2D eigenvalue weighted by atomic mass is 16.5. The minimum Gasteiger partial charge on any atom is -0.469 e. The van der Waals surface area contributed by atoms with E-state index in [0.29, 0.717) is 30.3 Å². The van der Waals surface area contributed by atoms with Crippen molar-refractivity contribution in [1.29, 1.82) is 5.26 Å². The highest BCUT2D eigenvalue weighted by Crippen LogP contribution is 2.28. The zero-order chi connectivity index (χ0) is 21.7. The van der Waals surface area contributed by atoms with Crippen LogP contribution in [0.1, 0.15) is 41.8 Å². The van der Waals surface area contributed by atoms with Crippen molar-refractivity contribution in [3.05, 3.63) is 41.0 Å². The molecule has 1 aliphatic rings. The first-order valence-corrected chi connectivity index (χ1v) is 10.1. The van der Waals surface area contributed by atoms with Gasteiger partial charge in [-0.3, -0.25) is 14.5 Å². The van der Waals surface area contributed by atoms with E-state index in [4.69, 9.17) is 9.15 Å². The molecule has 3 rings (SSSR count). The summed E-state index contributed by atoms with van der Waals surface area (Å²) in [5.74, 6) is 1.22. The second kappa shape index (κ2) is 9.63. The SMILES string of the molecule is COC(=O)CC1CCN(CC(=O)Nc2c(C#N)c(C)c(C)n2Cc2ccco2)CC1. The number of nitriles is 1. The summed E-state index contributed by atoms with van der Waals surface area (Å²) in [4.78, 5) is 26.3. The number of carbonyl (C=O) groups excluding carboxylic acids is 2. The number of hydrogen-bond donors (Lipinski definition) is 1. The van der Waals surface area contributed by atoms with Crippen LogP contribution in [0.5, 0.6) is 0 Å². The lowest BCUT2D eigenvalue weighted by Crippen LogP contribution is -2.39. The smallest absolute Gasteiger partial charge is 0.305 e. The number of ether oxygens (including phenoxy) is 1. The number of methoxy groups -OCH3 is 1. The summed E-state index contributed by atoms with van der Waals surface area (Å²) >= 11 is 0. The molecule has 0 bridgehead atoms. The van der Waals surface area contributed by atoms with Gasteiger partial charge in [-0.25, -0.2) is 0 Å². The van der Waals surface area contributed by atoms with E-state index in [1.54, 1.807) is 6.26 Å². The van der Waals surface area contributed by atoms with Gasteiger partial charge in [0.1, 0.15) is 17.6 Å². The van der Waals surface area contributed by atoms with Gasteiger partial charge in [-0.2, -0.15) is 5.26 Å². The molecule has 1 N–H and O–H groups in total. The number of piperidine rings is 1. The second-order valence-electron chi connectivity index (χ2n) is 7.76. The van der Waals surface area contributed by atoms with E-state index in [0.717, 1.165) is 42.9 Å². The van der Waals surface area contributed by atoms with E-state index in [1.807, 2.05) is 30.5 Å². The van der Waals surface area contributed by atoms with Crippen LogP contribution < -0.4 is 5.32 Å². The third-order valence-electron chi connectivity index (χ3n) is 5.85. The zero-order valence-corrected chi connectivity index (χ0v) is 17.7. The fourth-order valence-electron chi connectivity index (χ4n) is 3.93. The van der Waals surface area contributed by atoms with Crippen LogP contribution in [-0.2, 0) is 20.9 Å². The second-order valence-corrected chi connectivity index (χ2v) is 7.76. The maximum Gasteiger partial charge on any atom is 0.305 e. The Balaban J connectivity index is 1.65. The Bertz CT molecular complexity index is 931. The van der Waals surface area contributed by atoms with Gasteiger partial charge >= 0.3 is 5.97 Å². The highest BCUT2D eigenvalue weighted by molar-refractivity contribution is 5.93. The summed E-state index contributed by atoms with van der Waals surface area (Å²) in [6.07, 6.45) is 3.76. The number of rotatable bonds is 7. The molecule has 0 saturated carbocycles. The predicted octanol–water partition coefficient (Wildman–Crippen LogP) is 2.83. The molecule has 0 atom stereocenters. The Hall–Kier alpha value is -3.05. The molecular weight excluding hydrogens is 384 g/mol. The average molecular weight is 412 g/mol. The number of amides is 1. The molecule has 3 heterocycles. The van der Waals surface area contributed by atoms with E-state index in [-0.39, 0.29) is 18.4 Å². The lowest BCUT2D eigenvalue weighted by atomic mass is 9.93. The van der Waals surface area contributed by atoms with Gasteiger partial charge in [0.05, 0.1) is 32.0 Å². The topological polar surface area (TPSA) is 101 Å². The van der Waals surface area contributed by atoms with Crippen LogP contribution in [0.4, 0.5) is 5.82 Å². The van der Waals surface area contributed by atoms with Gasteiger partial charge in [0.15, 0.2) is 0 Å². The monoisotopic (exact) mass is 412 g/mol. The molecule has 0 aromatic carbocycles. The van der Waals surface area contributed by atoms with Crippen molar-refractivity contribution >= 4 is 17.7 Å². The van der Waals surface area contributed by atoms with Gasteiger partial charge in [-0.05, 0) is 63.4 Å². The number of hydrogen-bond acceptors (Lipinski definition) is 6. The van der Waals surface area contributed by atoms with Crippen molar-refractivity contribution in [2.24, 2.45) is 5.92 Å². The zero-order valence-electron chi connectivity index (χ0n) is 17.7. The third kappa shape index (κ3) is 4.92. The van der Waals surface area contributed by atoms with Crippen molar-refractivity contribution in [3.8, 4) is 6.07 Å².